The zero-order chi connectivity index (χ0) is 20.4. The van der Waals surface area contributed by atoms with E-state index in [1.165, 1.54) is 15.3 Å². The van der Waals surface area contributed by atoms with Gasteiger partial charge in [-0.2, -0.15) is 4.31 Å². The Morgan fingerprint density at radius 1 is 1.17 bits per heavy atom. The lowest BCUT2D eigenvalue weighted by molar-refractivity contribution is 0.0730. The third-order valence-corrected chi connectivity index (χ3v) is 8.47. The largest absolute Gasteiger partial charge is 0.379 e. The van der Waals surface area contributed by atoms with Crippen LogP contribution in [-0.4, -0.2) is 50.7 Å². The molecule has 154 valence electrons. The molecule has 29 heavy (non-hydrogen) atoms. The van der Waals surface area contributed by atoms with Gasteiger partial charge in [-0.05, 0) is 42.7 Å². The quantitative estimate of drug-likeness (QED) is 0.804. The van der Waals surface area contributed by atoms with Crippen LogP contribution in [0.1, 0.15) is 33.9 Å². The van der Waals surface area contributed by atoms with E-state index in [0.717, 1.165) is 17.7 Å². The van der Waals surface area contributed by atoms with Gasteiger partial charge in [0.1, 0.15) is 0 Å². The number of hydrogen-bond donors (Lipinski definition) is 1. The Balaban J connectivity index is 1.58. The molecular formula is C21H24N2O4S2. The van der Waals surface area contributed by atoms with E-state index >= 15 is 0 Å². The van der Waals surface area contributed by atoms with E-state index in [0.29, 0.717) is 37.4 Å². The molecule has 1 N–H and O–H groups in total. The number of aryl methyl sites for hydroxylation is 1. The number of sulfonamides is 1. The van der Waals surface area contributed by atoms with Gasteiger partial charge in [0.15, 0.2) is 0 Å². The molecule has 2 aromatic carbocycles. The van der Waals surface area contributed by atoms with Crippen LogP contribution in [-0.2, 0) is 14.8 Å². The Hall–Kier alpha value is -1.87. The Labute approximate surface area is 175 Å². The fraction of sp³-hybridized carbons (Fsp3) is 0.381. The minimum Gasteiger partial charge on any atom is -0.379 e. The topological polar surface area (TPSA) is 75.7 Å². The van der Waals surface area contributed by atoms with Crippen LogP contribution in [0.4, 0.5) is 0 Å². The smallest absolute Gasteiger partial charge is 0.251 e. The molecule has 4 rings (SSSR count). The number of hydrogen-bond acceptors (Lipinski definition) is 5. The second-order valence-corrected chi connectivity index (χ2v) is 10.2. The van der Waals surface area contributed by atoms with Crippen molar-refractivity contribution < 1.29 is 17.9 Å². The Kier molecular flexibility index (Phi) is 5.96. The molecule has 0 spiro atoms. The van der Waals surface area contributed by atoms with Crippen LogP contribution >= 0.6 is 11.8 Å². The maximum absolute atomic E-state index is 13.1. The summed E-state index contributed by atoms with van der Waals surface area (Å²) in [5.74, 6) is 0.683. The van der Waals surface area contributed by atoms with E-state index in [9.17, 15) is 13.2 Å². The molecule has 1 atom stereocenters. The summed E-state index contributed by atoms with van der Waals surface area (Å²) in [5.41, 5.74) is 2.11. The van der Waals surface area contributed by atoms with Gasteiger partial charge in [-0.1, -0.05) is 24.3 Å². The van der Waals surface area contributed by atoms with Crippen molar-refractivity contribution in [3.63, 3.8) is 0 Å². The summed E-state index contributed by atoms with van der Waals surface area (Å²) in [5, 5.41) is 3.09. The molecular weight excluding hydrogens is 408 g/mol. The number of morpholine rings is 1. The lowest BCUT2D eigenvalue weighted by Gasteiger charge is -2.27. The number of nitrogens with one attached hydrogen (secondary N) is 1. The second-order valence-electron chi connectivity index (χ2n) is 7.20. The van der Waals surface area contributed by atoms with E-state index in [1.807, 2.05) is 18.2 Å². The lowest BCUT2D eigenvalue weighted by Crippen LogP contribution is -2.41. The lowest BCUT2D eigenvalue weighted by atomic mass is 10.0. The Morgan fingerprint density at radius 3 is 2.72 bits per heavy atom. The van der Waals surface area contributed by atoms with E-state index in [-0.39, 0.29) is 16.8 Å². The summed E-state index contributed by atoms with van der Waals surface area (Å²) in [6, 6.07) is 12.9. The first-order valence-corrected chi connectivity index (χ1v) is 12.1. The molecule has 1 saturated heterocycles. The molecule has 0 aliphatic carbocycles. The van der Waals surface area contributed by atoms with Crippen LogP contribution in [0.25, 0.3) is 0 Å². The number of nitrogens with zero attached hydrogens (tertiary/aromatic N) is 1. The number of carbonyl (C=O) groups excluding carboxylic acids is 1. The van der Waals surface area contributed by atoms with Crippen LogP contribution < -0.4 is 5.32 Å². The van der Waals surface area contributed by atoms with Crippen molar-refractivity contribution >= 4 is 27.7 Å². The van der Waals surface area contributed by atoms with E-state index in [2.05, 4.69) is 11.4 Å². The summed E-state index contributed by atoms with van der Waals surface area (Å²) < 4.78 is 32.8. The van der Waals surface area contributed by atoms with Gasteiger partial charge in [0, 0.05) is 29.3 Å². The SMILES string of the molecule is Cc1ccc(C(=O)N[C@@H]2CCSc3ccccc32)cc1S(=O)(=O)N1CCOCC1. The maximum Gasteiger partial charge on any atom is 0.251 e. The summed E-state index contributed by atoms with van der Waals surface area (Å²) in [4.78, 5) is 14.3. The zero-order valence-electron chi connectivity index (χ0n) is 16.3. The number of carbonyl (C=O) groups is 1. The highest BCUT2D eigenvalue weighted by Gasteiger charge is 2.29. The normalized spacial score (nSPS) is 20.1. The van der Waals surface area contributed by atoms with Crippen LogP contribution in [0, 0.1) is 6.92 Å². The van der Waals surface area contributed by atoms with Gasteiger partial charge in [-0.15, -0.1) is 11.8 Å². The molecule has 0 bridgehead atoms. The molecule has 0 saturated carbocycles. The predicted molar refractivity (Wildman–Crippen MR) is 113 cm³/mol. The first-order chi connectivity index (χ1) is 14.0. The molecule has 0 unspecified atom stereocenters. The number of benzene rings is 2. The molecule has 6 nitrogen and oxygen atoms in total. The van der Waals surface area contributed by atoms with Gasteiger partial charge in [0.2, 0.25) is 10.0 Å². The monoisotopic (exact) mass is 432 g/mol. The van der Waals surface area contributed by atoms with Gasteiger partial charge in [-0.3, -0.25) is 4.79 Å². The molecule has 0 aromatic heterocycles. The maximum atomic E-state index is 13.1. The minimum absolute atomic E-state index is 0.0689. The zero-order valence-corrected chi connectivity index (χ0v) is 17.9. The van der Waals surface area contributed by atoms with Crippen LogP contribution in [0.5, 0.6) is 0 Å². The van der Waals surface area contributed by atoms with E-state index in [1.54, 1.807) is 30.8 Å². The second kappa shape index (κ2) is 8.47. The molecule has 1 fully saturated rings. The van der Waals surface area contributed by atoms with E-state index < -0.39 is 10.0 Å². The highest BCUT2D eigenvalue weighted by atomic mass is 32.2. The summed E-state index contributed by atoms with van der Waals surface area (Å²) in [6.07, 6.45) is 0.845. The Bertz CT molecular complexity index is 1020. The number of ether oxygens (including phenoxy) is 1. The van der Waals surface area contributed by atoms with Crippen LogP contribution in [0.15, 0.2) is 52.3 Å². The molecule has 8 heteroatoms. The van der Waals surface area contributed by atoms with Crippen molar-refractivity contribution in [2.75, 3.05) is 32.1 Å². The first kappa shape index (κ1) is 20.4. The van der Waals surface area contributed by atoms with Crippen molar-refractivity contribution in [3.8, 4) is 0 Å². The predicted octanol–water partition coefficient (Wildman–Crippen LogP) is 2.98. The van der Waals surface area contributed by atoms with Crippen LogP contribution in [0.2, 0.25) is 0 Å². The average Bonchev–Trinajstić information content (AvgIpc) is 2.75. The molecule has 2 aliphatic rings. The summed E-state index contributed by atoms with van der Waals surface area (Å²) in [6.45, 7) is 3.18. The van der Waals surface area contributed by atoms with Crippen molar-refractivity contribution in [2.24, 2.45) is 0 Å². The molecule has 2 aliphatic heterocycles. The molecule has 2 heterocycles. The highest BCUT2D eigenvalue weighted by molar-refractivity contribution is 7.99. The fourth-order valence-electron chi connectivity index (χ4n) is 3.68. The van der Waals surface area contributed by atoms with Gasteiger partial charge in [0.25, 0.3) is 5.91 Å². The van der Waals surface area contributed by atoms with Crippen molar-refractivity contribution in [3.05, 3.63) is 59.2 Å². The number of fused-ring (bicyclic) bond motifs is 1. The summed E-state index contributed by atoms with van der Waals surface area (Å²) in [7, 11) is -3.66. The van der Waals surface area contributed by atoms with Crippen LogP contribution in [0.3, 0.4) is 0 Å². The molecule has 1 amide bonds. The number of thioether (sulfide) groups is 1. The minimum atomic E-state index is -3.66. The fourth-order valence-corrected chi connectivity index (χ4v) is 6.46. The van der Waals surface area contributed by atoms with Gasteiger partial charge in [-0.25, -0.2) is 8.42 Å². The number of amides is 1. The van der Waals surface area contributed by atoms with Gasteiger partial charge < -0.3 is 10.1 Å². The highest BCUT2D eigenvalue weighted by Crippen LogP contribution is 2.36. The summed E-state index contributed by atoms with van der Waals surface area (Å²) >= 11 is 1.79. The van der Waals surface area contributed by atoms with Gasteiger partial charge >= 0.3 is 0 Å². The van der Waals surface area contributed by atoms with Crippen molar-refractivity contribution in [2.45, 2.75) is 29.2 Å². The average molecular weight is 433 g/mol. The van der Waals surface area contributed by atoms with Gasteiger partial charge in [0.05, 0.1) is 24.2 Å². The standard InChI is InChI=1S/C21H24N2O4S2/c1-15-6-7-16(14-20(15)29(25,26)23-9-11-27-12-10-23)21(24)22-18-8-13-28-19-5-3-2-4-17(18)19/h2-7,14,18H,8-13H2,1H3,(H,22,24)/t18-/m1/s1. The molecule has 2 aromatic rings. The first-order valence-electron chi connectivity index (χ1n) is 9.68. The molecule has 0 radical (unpaired) electrons. The van der Waals surface area contributed by atoms with Crippen molar-refractivity contribution in [1.82, 2.24) is 9.62 Å². The van der Waals surface area contributed by atoms with E-state index in [4.69, 9.17) is 4.74 Å². The van der Waals surface area contributed by atoms with Crippen molar-refractivity contribution in [1.29, 1.82) is 0 Å². The third kappa shape index (κ3) is 4.21. The third-order valence-electron chi connectivity index (χ3n) is 5.30. The Morgan fingerprint density at radius 2 is 1.93 bits per heavy atom. The number of rotatable bonds is 4.